The van der Waals surface area contributed by atoms with E-state index < -0.39 is 6.09 Å². The fraction of sp³-hybridized carbons (Fsp3) is 0.100. The summed E-state index contributed by atoms with van der Waals surface area (Å²) in [4.78, 5) is 25.1. The number of nitrogens with zero attached hydrogens (tertiary/aromatic N) is 4. The number of aromatic nitrogens is 4. The third-order valence-electron chi connectivity index (χ3n) is 4.14. The lowest BCUT2D eigenvalue weighted by molar-refractivity contribution is 0.211. The van der Waals surface area contributed by atoms with E-state index in [0.717, 1.165) is 16.7 Å². The lowest BCUT2D eigenvalue weighted by Crippen LogP contribution is -2.25. The number of carbonyl (C=O) groups excluding carboxylic acids is 1. The van der Waals surface area contributed by atoms with Gasteiger partial charge >= 0.3 is 6.09 Å². The predicted molar refractivity (Wildman–Crippen MR) is 104 cm³/mol. The summed E-state index contributed by atoms with van der Waals surface area (Å²) in [6.07, 6.45) is 4.22. The van der Waals surface area contributed by atoms with Gasteiger partial charge in [-0.2, -0.15) is 0 Å². The summed E-state index contributed by atoms with van der Waals surface area (Å²) in [5, 5.41) is 0.930. The quantitative estimate of drug-likeness (QED) is 0.586. The van der Waals surface area contributed by atoms with Crippen LogP contribution >= 0.6 is 0 Å². The first-order valence-corrected chi connectivity index (χ1v) is 8.53. The number of carbonyl (C=O) groups is 1. The van der Waals surface area contributed by atoms with Gasteiger partial charge in [-0.15, -0.1) is 0 Å². The molecule has 140 valence electrons. The Kier molecular flexibility index (Phi) is 4.59. The van der Waals surface area contributed by atoms with Crippen molar-refractivity contribution in [2.45, 2.75) is 6.92 Å². The van der Waals surface area contributed by atoms with E-state index in [0.29, 0.717) is 17.2 Å². The highest BCUT2D eigenvalue weighted by atomic mass is 16.6. The van der Waals surface area contributed by atoms with Gasteiger partial charge in [-0.1, -0.05) is 6.07 Å². The molecule has 4 rings (SSSR count). The van der Waals surface area contributed by atoms with Gasteiger partial charge in [0.2, 0.25) is 0 Å². The maximum Gasteiger partial charge on any atom is 0.432 e. The van der Waals surface area contributed by atoms with Crippen LogP contribution in [-0.4, -0.2) is 32.8 Å². The largest absolute Gasteiger partial charge is 0.497 e. The Morgan fingerprint density at radius 2 is 2.04 bits per heavy atom. The molecule has 0 aliphatic carbocycles. The number of ether oxygens (including phenoxy) is 2. The van der Waals surface area contributed by atoms with Gasteiger partial charge in [0.05, 0.1) is 24.5 Å². The second-order valence-electron chi connectivity index (χ2n) is 5.97. The topological polar surface area (TPSA) is 91.2 Å². The molecule has 0 atom stereocenters. The Hall–Kier alpha value is -3.94. The molecular weight excluding hydrogens is 358 g/mol. The average Bonchev–Trinajstić information content (AvgIpc) is 3.12. The van der Waals surface area contributed by atoms with E-state index in [4.69, 9.17) is 9.47 Å². The highest BCUT2D eigenvalue weighted by molar-refractivity contribution is 5.86. The van der Waals surface area contributed by atoms with Gasteiger partial charge < -0.3 is 9.47 Å². The molecule has 0 aliphatic heterocycles. The van der Waals surface area contributed by atoms with Crippen LogP contribution in [0.25, 0.3) is 22.4 Å². The number of hydrogen-bond donors (Lipinski definition) is 1. The van der Waals surface area contributed by atoms with Crippen LogP contribution in [0, 0.1) is 6.92 Å². The van der Waals surface area contributed by atoms with Gasteiger partial charge in [0.1, 0.15) is 11.4 Å². The second-order valence-corrected chi connectivity index (χ2v) is 5.97. The van der Waals surface area contributed by atoms with Gasteiger partial charge in [0, 0.05) is 17.8 Å². The maximum absolute atomic E-state index is 12.3. The van der Waals surface area contributed by atoms with Crippen LogP contribution in [0.4, 0.5) is 4.79 Å². The molecule has 0 spiro atoms. The van der Waals surface area contributed by atoms with E-state index in [9.17, 15) is 4.79 Å². The smallest absolute Gasteiger partial charge is 0.432 e. The molecular formula is C20H17N5O3. The lowest BCUT2D eigenvalue weighted by atomic mass is 10.2. The van der Waals surface area contributed by atoms with E-state index in [-0.39, 0.29) is 5.75 Å². The molecule has 8 nitrogen and oxygen atoms in total. The van der Waals surface area contributed by atoms with Crippen molar-refractivity contribution in [3.63, 3.8) is 0 Å². The summed E-state index contributed by atoms with van der Waals surface area (Å²) in [6.45, 7) is 1.74. The minimum atomic E-state index is -0.648. The maximum atomic E-state index is 12.3. The van der Waals surface area contributed by atoms with Crippen molar-refractivity contribution in [3.05, 3.63) is 66.7 Å². The number of fused-ring (bicyclic) bond motifs is 1. The fourth-order valence-corrected chi connectivity index (χ4v) is 2.74. The van der Waals surface area contributed by atoms with Gasteiger partial charge in [0.25, 0.3) is 0 Å². The zero-order chi connectivity index (χ0) is 19.5. The highest BCUT2D eigenvalue weighted by Crippen LogP contribution is 2.22. The van der Waals surface area contributed by atoms with Crippen LogP contribution in [0.15, 0.2) is 61.1 Å². The Morgan fingerprint density at radius 3 is 2.79 bits per heavy atom. The summed E-state index contributed by atoms with van der Waals surface area (Å²) in [6, 6.07) is 12.9. The molecule has 0 saturated carbocycles. The number of hydrogen-bond acceptors (Lipinski definition) is 6. The van der Waals surface area contributed by atoms with Gasteiger partial charge in [0.15, 0.2) is 11.6 Å². The first-order chi connectivity index (χ1) is 13.6. The molecule has 1 aromatic carbocycles. The molecule has 28 heavy (non-hydrogen) atoms. The molecule has 0 fully saturated rings. The molecule has 3 aromatic heterocycles. The van der Waals surface area contributed by atoms with Gasteiger partial charge in [-0.05, 0) is 43.3 Å². The number of aryl methyl sites for hydroxylation is 1. The monoisotopic (exact) mass is 375 g/mol. The third kappa shape index (κ3) is 3.48. The van der Waals surface area contributed by atoms with Crippen molar-refractivity contribution in [3.8, 4) is 23.0 Å². The van der Waals surface area contributed by atoms with E-state index in [1.807, 2.05) is 42.5 Å². The van der Waals surface area contributed by atoms with Crippen molar-refractivity contribution >= 4 is 17.0 Å². The third-order valence-corrected chi connectivity index (χ3v) is 4.14. The first-order valence-electron chi connectivity index (χ1n) is 8.53. The van der Waals surface area contributed by atoms with Gasteiger partial charge in [-0.3, -0.25) is 9.66 Å². The highest BCUT2D eigenvalue weighted by Gasteiger charge is 2.12. The molecule has 0 aliphatic rings. The summed E-state index contributed by atoms with van der Waals surface area (Å²) in [7, 11) is 1.61. The SMILES string of the molecule is COc1ccc2c(ccn2NC(=O)Oc2cnc(-c3ccccn3)nc2C)c1. The van der Waals surface area contributed by atoms with Crippen LogP contribution in [0.5, 0.6) is 11.5 Å². The number of amides is 1. The second kappa shape index (κ2) is 7.36. The molecule has 1 amide bonds. The van der Waals surface area contributed by atoms with E-state index in [1.165, 1.54) is 6.20 Å². The van der Waals surface area contributed by atoms with Crippen LogP contribution in [-0.2, 0) is 0 Å². The standard InChI is InChI=1S/C20H17N5O3/c1-13-18(12-22-19(23-13)16-5-3-4-9-21-16)28-20(26)24-25-10-8-14-11-15(27-2)6-7-17(14)25/h3-12H,1-2H3,(H,24,26). The molecule has 0 unspecified atom stereocenters. The minimum Gasteiger partial charge on any atom is -0.497 e. The normalized spacial score (nSPS) is 10.6. The number of benzene rings is 1. The van der Waals surface area contributed by atoms with Crippen molar-refractivity contribution in [2.24, 2.45) is 0 Å². The summed E-state index contributed by atoms with van der Waals surface area (Å²) < 4.78 is 12.1. The Labute approximate surface area is 160 Å². The van der Waals surface area contributed by atoms with Crippen LogP contribution in [0.1, 0.15) is 5.69 Å². The first kappa shape index (κ1) is 17.5. The zero-order valence-corrected chi connectivity index (χ0v) is 15.3. The lowest BCUT2D eigenvalue weighted by Gasteiger charge is -2.10. The number of nitrogens with one attached hydrogen (secondary N) is 1. The molecule has 4 aromatic rings. The number of pyridine rings is 1. The Bertz CT molecular complexity index is 1140. The molecule has 0 radical (unpaired) electrons. The van der Waals surface area contributed by atoms with E-state index in [2.05, 4.69) is 20.4 Å². The van der Waals surface area contributed by atoms with Crippen LogP contribution in [0.3, 0.4) is 0 Å². The van der Waals surface area contributed by atoms with Crippen molar-refractivity contribution in [1.29, 1.82) is 0 Å². The van der Waals surface area contributed by atoms with Crippen molar-refractivity contribution < 1.29 is 14.3 Å². The molecule has 0 saturated heterocycles. The van der Waals surface area contributed by atoms with Crippen LogP contribution < -0.4 is 14.9 Å². The summed E-state index contributed by atoms with van der Waals surface area (Å²) >= 11 is 0. The minimum absolute atomic E-state index is 0.273. The van der Waals surface area contributed by atoms with E-state index in [1.54, 1.807) is 31.1 Å². The Balaban J connectivity index is 1.50. The molecule has 3 heterocycles. The fourth-order valence-electron chi connectivity index (χ4n) is 2.74. The van der Waals surface area contributed by atoms with Crippen molar-refractivity contribution in [1.82, 2.24) is 19.6 Å². The average molecular weight is 375 g/mol. The number of methoxy groups -OCH3 is 1. The van der Waals surface area contributed by atoms with E-state index >= 15 is 0 Å². The van der Waals surface area contributed by atoms with Gasteiger partial charge in [-0.25, -0.2) is 20.2 Å². The Morgan fingerprint density at radius 1 is 1.14 bits per heavy atom. The molecule has 8 heteroatoms. The summed E-state index contributed by atoms with van der Waals surface area (Å²) in [5.41, 5.74) is 4.67. The summed E-state index contributed by atoms with van der Waals surface area (Å²) in [5.74, 6) is 1.49. The zero-order valence-electron chi connectivity index (χ0n) is 15.3. The molecule has 1 N–H and O–H groups in total. The molecule has 0 bridgehead atoms. The number of rotatable bonds is 4. The van der Waals surface area contributed by atoms with Crippen LogP contribution in [0.2, 0.25) is 0 Å². The van der Waals surface area contributed by atoms with Crippen molar-refractivity contribution in [2.75, 3.05) is 12.5 Å². The predicted octanol–water partition coefficient (Wildman–Crippen LogP) is 3.55.